The van der Waals surface area contributed by atoms with Gasteiger partial charge in [-0.25, -0.2) is 0 Å². The van der Waals surface area contributed by atoms with Crippen LogP contribution in [0.2, 0.25) is 0 Å². The molecule has 5 heteroatoms. The van der Waals surface area contributed by atoms with Gasteiger partial charge in [0.2, 0.25) is 5.91 Å². The molecule has 0 aromatic carbocycles. The Morgan fingerprint density at radius 2 is 2.18 bits per heavy atom. The van der Waals surface area contributed by atoms with Gasteiger partial charge in [0.15, 0.2) is 0 Å². The highest BCUT2D eigenvalue weighted by atomic mass is 16.5. The second-order valence-electron chi connectivity index (χ2n) is 5.32. The van der Waals surface area contributed by atoms with Crippen LogP contribution in [-0.2, 0) is 14.3 Å². The van der Waals surface area contributed by atoms with Crippen molar-refractivity contribution in [2.24, 2.45) is 0 Å². The molecule has 0 spiro atoms. The van der Waals surface area contributed by atoms with Gasteiger partial charge in [0.05, 0.1) is 6.10 Å². The van der Waals surface area contributed by atoms with Crippen LogP contribution in [0.4, 0.5) is 0 Å². The molecule has 2 aliphatic heterocycles. The lowest BCUT2D eigenvalue weighted by Gasteiger charge is -2.42. The summed E-state index contributed by atoms with van der Waals surface area (Å²) in [5.41, 5.74) is -0.773. The molecule has 0 aromatic heterocycles. The maximum absolute atomic E-state index is 12.3. The lowest BCUT2D eigenvalue weighted by Crippen LogP contribution is -2.64. The minimum Gasteiger partial charge on any atom is -0.365 e. The van der Waals surface area contributed by atoms with E-state index in [1.54, 1.807) is 18.7 Å². The zero-order chi connectivity index (χ0) is 12.6. The van der Waals surface area contributed by atoms with Crippen molar-refractivity contribution in [1.29, 1.82) is 0 Å². The van der Waals surface area contributed by atoms with Crippen molar-refractivity contribution in [3.63, 3.8) is 0 Å². The van der Waals surface area contributed by atoms with Gasteiger partial charge in [-0.3, -0.25) is 9.59 Å². The smallest absolute Gasteiger partial charge is 0.252 e. The Morgan fingerprint density at radius 1 is 1.47 bits per heavy atom. The van der Waals surface area contributed by atoms with E-state index in [2.05, 4.69) is 5.32 Å². The molecule has 0 aliphatic carbocycles. The van der Waals surface area contributed by atoms with Gasteiger partial charge in [-0.1, -0.05) is 0 Å². The van der Waals surface area contributed by atoms with Gasteiger partial charge in [-0.2, -0.15) is 0 Å². The number of rotatable bonds is 1. The Labute approximate surface area is 101 Å². The summed E-state index contributed by atoms with van der Waals surface area (Å²) in [6.07, 6.45) is 1.45. The standard InChI is InChI=1S/C12H20N2O3/c1-8-4-5-9(17-8)10(15)14-7-6-13-11(16)12(14,2)3/h8-9H,4-7H2,1-3H3,(H,13,16). The predicted octanol–water partition coefficient (Wildman–Crippen LogP) is 0.291. The molecule has 2 heterocycles. The van der Waals surface area contributed by atoms with Crippen LogP contribution >= 0.6 is 0 Å². The third-order valence-electron chi connectivity index (χ3n) is 3.62. The number of hydrogen-bond donors (Lipinski definition) is 1. The number of carbonyl (C=O) groups is 2. The van der Waals surface area contributed by atoms with Gasteiger partial charge in [0, 0.05) is 13.1 Å². The number of piperazine rings is 1. The van der Waals surface area contributed by atoms with E-state index < -0.39 is 5.54 Å². The van der Waals surface area contributed by atoms with Crippen LogP contribution in [0.3, 0.4) is 0 Å². The monoisotopic (exact) mass is 240 g/mol. The largest absolute Gasteiger partial charge is 0.365 e. The molecule has 0 aromatic rings. The highest BCUT2D eigenvalue weighted by molar-refractivity contribution is 5.93. The molecular weight excluding hydrogens is 220 g/mol. The van der Waals surface area contributed by atoms with Crippen molar-refractivity contribution in [2.45, 2.75) is 51.4 Å². The first-order valence-corrected chi connectivity index (χ1v) is 6.18. The Bertz CT molecular complexity index is 341. The molecule has 2 fully saturated rings. The summed E-state index contributed by atoms with van der Waals surface area (Å²) < 4.78 is 5.58. The summed E-state index contributed by atoms with van der Waals surface area (Å²) in [5, 5.41) is 2.78. The summed E-state index contributed by atoms with van der Waals surface area (Å²) in [6, 6.07) is 0. The van der Waals surface area contributed by atoms with E-state index in [0.717, 1.165) is 12.8 Å². The van der Waals surface area contributed by atoms with Crippen molar-refractivity contribution in [2.75, 3.05) is 13.1 Å². The number of nitrogens with zero attached hydrogens (tertiary/aromatic N) is 1. The van der Waals surface area contributed by atoms with Crippen molar-refractivity contribution >= 4 is 11.8 Å². The average molecular weight is 240 g/mol. The topological polar surface area (TPSA) is 58.6 Å². The highest BCUT2D eigenvalue weighted by Crippen LogP contribution is 2.25. The fraction of sp³-hybridized carbons (Fsp3) is 0.833. The molecule has 5 nitrogen and oxygen atoms in total. The first-order chi connectivity index (χ1) is 7.93. The van der Waals surface area contributed by atoms with Crippen LogP contribution in [-0.4, -0.2) is 47.6 Å². The van der Waals surface area contributed by atoms with E-state index in [4.69, 9.17) is 4.74 Å². The van der Waals surface area contributed by atoms with Crippen molar-refractivity contribution in [3.8, 4) is 0 Å². The van der Waals surface area contributed by atoms with Crippen LogP contribution < -0.4 is 5.32 Å². The summed E-state index contributed by atoms with van der Waals surface area (Å²) in [7, 11) is 0. The molecule has 96 valence electrons. The molecule has 2 saturated heterocycles. The van der Waals surface area contributed by atoms with E-state index >= 15 is 0 Å². The average Bonchev–Trinajstić information content (AvgIpc) is 2.68. The zero-order valence-corrected chi connectivity index (χ0v) is 10.7. The molecule has 2 amide bonds. The lowest BCUT2D eigenvalue weighted by molar-refractivity contribution is -0.156. The minimum absolute atomic E-state index is 0.0470. The summed E-state index contributed by atoms with van der Waals surface area (Å²) in [4.78, 5) is 25.7. The van der Waals surface area contributed by atoms with Gasteiger partial charge in [0.1, 0.15) is 11.6 Å². The van der Waals surface area contributed by atoms with E-state index in [9.17, 15) is 9.59 Å². The van der Waals surface area contributed by atoms with Crippen LogP contribution in [0, 0.1) is 0 Å². The molecule has 1 N–H and O–H groups in total. The molecule has 0 saturated carbocycles. The SMILES string of the molecule is CC1CCC(C(=O)N2CCNC(=O)C2(C)C)O1. The first-order valence-electron chi connectivity index (χ1n) is 6.18. The predicted molar refractivity (Wildman–Crippen MR) is 62.4 cm³/mol. The highest BCUT2D eigenvalue weighted by Gasteiger charge is 2.43. The van der Waals surface area contributed by atoms with Crippen molar-refractivity contribution < 1.29 is 14.3 Å². The summed E-state index contributed by atoms with van der Waals surface area (Å²) in [5.74, 6) is -0.141. The number of hydrogen-bond acceptors (Lipinski definition) is 3. The second-order valence-corrected chi connectivity index (χ2v) is 5.32. The Morgan fingerprint density at radius 3 is 2.76 bits per heavy atom. The van der Waals surface area contributed by atoms with Crippen LogP contribution in [0.25, 0.3) is 0 Å². The van der Waals surface area contributed by atoms with Crippen molar-refractivity contribution in [1.82, 2.24) is 10.2 Å². The van der Waals surface area contributed by atoms with Crippen LogP contribution in [0.5, 0.6) is 0 Å². The maximum Gasteiger partial charge on any atom is 0.252 e. The van der Waals surface area contributed by atoms with Gasteiger partial charge in [-0.05, 0) is 33.6 Å². The van der Waals surface area contributed by atoms with Gasteiger partial charge < -0.3 is 15.0 Å². The molecule has 2 aliphatic rings. The normalized spacial score (nSPS) is 32.4. The van der Waals surface area contributed by atoms with Gasteiger partial charge in [-0.15, -0.1) is 0 Å². The quantitative estimate of drug-likeness (QED) is 0.716. The molecule has 2 rings (SSSR count). The third-order valence-corrected chi connectivity index (χ3v) is 3.62. The van der Waals surface area contributed by atoms with Gasteiger partial charge >= 0.3 is 0 Å². The lowest BCUT2D eigenvalue weighted by atomic mass is 9.97. The number of amides is 2. The van der Waals surface area contributed by atoms with Crippen LogP contribution in [0.15, 0.2) is 0 Å². The van der Waals surface area contributed by atoms with E-state index in [-0.39, 0.29) is 24.0 Å². The fourth-order valence-corrected chi connectivity index (χ4v) is 2.44. The Balaban J connectivity index is 2.10. The van der Waals surface area contributed by atoms with E-state index in [1.165, 1.54) is 0 Å². The Kier molecular flexibility index (Phi) is 3.12. The van der Waals surface area contributed by atoms with E-state index in [0.29, 0.717) is 13.1 Å². The number of nitrogens with one attached hydrogen (secondary N) is 1. The first kappa shape index (κ1) is 12.4. The molecule has 0 radical (unpaired) electrons. The Hall–Kier alpha value is -1.10. The number of ether oxygens (including phenoxy) is 1. The third kappa shape index (κ3) is 2.16. The zero-order valence-electron chi connectivity index (χ0n) is 10.7. The molecular formula is C12H20N2O3. The molecule has 0 bridgehead atoms. The molecule has 2 unspecified atom stereocenters. The molecule has 2 atom stereocenters. The summed E-state index contributed by atoms with van der Waals surface area (Å²) >= 11 is 0. The summed E-state index contributed by atoms with van der Waals surface area (Å²) in [6.45, 7) is 6.61. The second kappa shape index (κ2) is 4.29. The fourth-order valence-electron chi connectivity index (χ4n) is 2.44. The molecule has 17 heavy (non-hydrogen) atoms. The van der Waals surface area contributed by atoms with Crippen molar-refractivity contribution in [3.05, 3.63) is 0 Å². The number of carbonyl (C=O) groups excluding carboxylic acids is 2. The van der Waals surface area contributed by atoms with E-state index in [1.807, 2.05) is 6.92 Å². The minimum atomic E-state index is -0.773. The van der Waals surface area contributed by atoms with Crippen LogP contribution in [0.1, 0.15) is 33.6 Å². The maximum atomic E-state index is 12.3. The van der Waals surface area contributed by atoms with Gasteiger partial charge in [0.25, 0.3) is 5.91 Å².